The van der Waals surface area contributed by atoms with E-state index in [9.17, 15) is 23.1 Å². The quantitative estimate of drug-likeness (QED) is 0.208. The van der Waals surface area contributed by atoms with Crippen molar-refractivity contribution in [3.63, 3.8) is 0 Å². The number of rotatable bonds is 9. The highest BCUT2D eigenvalue weighted by molar-refractivity contribution is 5.92. The smallest absolute Gasteiger partial charge is 0.335 e. The molecule has 0 unspecified atom stereocenters. The van der Waals surface area contributed by atoms with Crippen molar-refractivity contribution in [2.45, 2.75) is 32.1 Å². The van der Waals surface area contributed by atoms with E-state index in [1.807, 2.05) is 0 Å². The maximum atomic E-state index is 15.4. The van der Waals surface area contributed by atoms with Gasteiger partial charge in [0.25, 0.3) is 0 Å². The SMILES string of the molecule is N#Cc1cc(F)c(COc2nccc(-c3cc(F)c(Cc4nc5c(F)cc(C(=O)O)cc5n4C[C@@H]4CCO4)cc3F)n2)cc1F. The second-order valence-electron chi connectivity index (χ2n) is 10.2. The largest absolute Gasteiger partial charge is 0.478 e. The lowest BCUT2D eigenvalue weighted by Crippen LogP contribution is -2.31. The molecule has 9 nitrogen and oxygen atoms in total. The number of halogens is 5. The number of hydrogen-bond donors (Lipinski definition) is 1. The number of hydrogen-bond acceptors (Lipinski definition) is 7. The van der Waals surface area contributed by atoms with Crippen molar-refractivity contribution in [3.8, 4) is 23.3 Å². The molecule has 1 aliphatic rings. The lowest BCUT2D eigenvalue weighted by Gasteiger charge is -2.27. The molecule has 0 aliphatic carbocycles. The fourth-order valence-electron chi connectivity index (χ4n) is 4.90. The van der Waals surface area contributed by atoms with E-state index in [1.165, 1.54) is 24.4 Å². The summed E-state index contributed by atoms with van der Waals surface area (Å²) in [4.78, 5) is 23.8. The van der Waals surface area contributed by atoms with Gasteiger partial charge in [0.1, 0.15) is 47.3 Å². The third kappa shape index (κ3) is 5.89. The zero-order valence-corrected chi connectivity index (χ0v) is 23.0. The summed E-state index contributed by atoms with van der Waals surface area (Å²) in [7, 11) is 0. The summed E-state index contributed by atoms with van der Waals surface area (Å²) < 4.78 is 86.2. The molecule has 14 heteroatoms. The highest BCUT2D eigenvalue weighted by Crippen LogP contribution is 2.29. The lowest BCUT2D eigenvalue weighted by atomic mass is 10.0. The van der Waals surface area contributed by atoms with E-state index in [0.717, 1.165) is 30.3 Å². The second-order valence-corrected chi connectivity index (χ2v) is 10.2. The Bertz CT molecular complexity index is 2020. The standard InChI is InChI=1S/C31H20F5N5O4/c32-21-8-18(22(33)7-17(21)12-37)14-45-31-38-3-1-26(39-31)20-11-23(34)15(5-24(20)35)10-28-40-29-25(36)6-16(30(42)43)9-27(29)41(28)13-19-2-4-44-19/h1,3,5-9,11,19H,2,4,10,13-14H2,(H,42,43)/t19-/m0/s1. The molecule has 1 atom stereocenters. The third-order valence-corrected chi connectivity index (χ3v) is 7.32. The van der Waals surface area contributed by atoms with Crippen molar-refractivity contribution in [1.82, 2.24) is 19.5 Å². The molecule has 1 aliphatic heterocycles. The average molecular weight is 622 g/mol. The number of carboxylic acids is 1. The molecule has 45 heavy (non-hydrogen) atoms. The summed E-state index contributed by atoms with van der Waals surface area (Å²) in [5, 5.41) is 18.2. The number of imidazole rings is 1. The number of carbonyl (C=O) groups is 1. The number of aromatic carboxylic acids is 1. The minimum Gasteiger partial charge on any atom is -0.478 e. The number of fused-ring (bicyclic) bond motifs is 1. The summed E-state index contributed by atoms with van der Waals surface area (Å²) in [5.74, 6) is -5.53. The molecule has 5 aromatic rings. The topological polar surface area (TPSA) is 123 Å². The summed E-state index contributed by atoms with van der Waals surface area (Å²) in [6.07, 6.45) is 1.44. The van der Waals surface area contributed by atoms with E-state index in [2.05, 4.69) is 15.0 Å². The zero-order valence-electron chi connectivity index (χ0n) is 23.0. The van der Waals surface area contributed by atoms with E-state index >= 15 is 8.78 Å². The minimum absolute atomic E-state index is 0.0629. The number of nitriles is 1. The van der Waals surface area contributed by atoms with Crippen LogP contribution >= 0.6 is 0 Å². The summed E-state index contributed by atoms with van der Waals surface area (Å²) in [6, 6.07) is 8.02. The predicted octanol–water partition coefficient (Wildman–Crippen LogP) is 5.72. The molecular formula is C31H20F5N5O4. The Kier molecular flexibility index (Phi) is 7.86. The maximum Gasteiger partial charge on any atom is 0.335 e. The first-order chi connectivity index (χ1) is 21.6. The number of benzene rings is 3. The van der Waals surface area contributed by atoms with Gasteiger partial charge in [-0.2, -0.15) is 10.2 Å². The fraction of sp³-hybridized carbons (Fsp3) is 0.194. The Labute approximate surface area is 251 Å². The highest BCUT2D eigenvalue weighted by atomic mass is 19.1. The predicted molar refractivity (Wildman–Crippen MR) is 147 cm³/mol. The van der Waals surface area contributed by atoms with Crippen LogP contribution < -0.4 is 4.74 Å². The van der Waals surface area contributed by atoms with Crippen LogP contribution in [0.2, 0.25) is 0 Å². The van der Waals surface area contributed by atoms with E-state index in [0.29, 0.717) is 13.0 Å². The van der Waals surface area contributed by atoms with Crippen molar-refractivity contribution in [2.75, 3.05) is 6.61 Å². The lowest BCUT2D eigenvalue weighted by molar-refractivity contribution is -0.0589. The molecule has 6 rings (SSSR count). The molecule has 0 radical (unpaired) electrons. The van der Waals surface area contributed by atoms with Crippen molar-refractivity contribution >= 4 is 17.0 Å². The highest BCUT2D eigenvalue weighted by Gasteiger charge is 2.25. The number of aromatic nitrogens is 4. The number of carboxylic acid groups (broad SMARTS) is 1. The Morgan fingerprint density at radius 3 is 2.47 bits per heavy atom. The minimum atomic E-state index is -1.33. The molecule has 1 N–H and O–H groups in total. The first kappa shape index (κ1) is 29.6. The third-order valence-electron chi connectivity index (χ3n) is 7.32. The van der Waals surface area contributed by atoms with Gasteiger partial charge < -0.3 is 19.1 Å². The van der Waals surface area contributed by atoms with E-state index in [1.54, 1.807) is 4.57 Å². The van der Waals surface area contributed by atoms with Crippen LogP contribution in [0.25, 0.3) is 22.3 Å². The van der Waals surface area contributed by atoms with Crippen molar-refractivity contribution in [2.24, 2.45) is 0 Å². The van der Waals surface area contributed by atoms with E-state index < -0.39 is 47.2 Å². The van der Waals surface area contributed by atoms with Crippen LogP contribution in [0, 0.1) is 40.4 Å². The molecule has 0 amide bonds. The zero-order chi connectivity index (χ0) is 31.8. The maximum absolute atomic E-state index is 15.4. The molecule has 0 spiro atoms. The molecule has 1 fully saturated rings. The van der Waals surface area contributed by atoms with Gasteiger partial charge >= 0.3 is 12.0 Å². The molecule has 0 saturated carbocycles. The van der Waals surface area contributed by atoms with Gasteiger partial charge in [-0.3, -0.25) is 0 Å². The van der Waals surface area contributed by atoms with Crippen LogP contribution in [-0.4, -0.2) is 43.3 Å². The van der Waals surface area contributed by atoms with Gasteiger partial charge in [0.05, 0.1) is 35.0 Å². The summed E-state index contributed by atoms with van der Waals surface area (Å²) in [5.41, 5.74) is -1.30. The molecule has 3 aromatic carbocycles. The van der Waals surface area contributed by atoms with Crippen LogP contribution in [-0.2, 0) is 24.3 Å². The summed E-state index contributed by atoms with van der Waals surface area (Å²) >= 11 is 0. The van der Waals surface area contributed by atoms with Crippen LogP contribution in [0.3, 0.4) is 0 Å². The molecule has 228 valence electrons. The summed E-state index contributed by atoms with van der Waals surface area (Å²) in [6.45, 7) is 0.234. The Morgan fingerprint density at radius 1 is 1.00 bits per heavy atom. The Hall–Kier alpha value is -5.42. The Morgan fingerprint density at radius 2 is 1.76 bits per heavy atom. The van der Waals surface area contributed by atoms with Gasteiger partial charge in [-0.1, -0.05) is 0 Å². The van der Waals surface area contributed by atoms with Crippen LogP contribution in [0.4, 0.5) is 22.0 Å². The average Bonchev–Trinajstić information content (AvgIpc) is 3.34. The number of ether oxygens (including phenoxy) is 2. The molecular weight excluding hydrogens is 601 g/mol. The normalized spacial score (nSPS) is 14.3. The number of nitrogens with zero attached hydrogens (tertiary/aromatic N) is 5. The van der Waals surface area contributed by atoms with Crippen LogP contribution in [0.1, 0.15) is 39.3 Å². The Balaban J connectivity index is 1.28. The van der Waals surface area contributed by atoms with Crippen LogP contribution in [0.5, 0.6) is 6.01 Å². The van der Waals surface area contributed by atoms with Gasteiger partial charge in [0.2, 0.25) is 0 Å². The first-order valence-electron chi connectivity index (χ1n) is 13.5. The first-order valence-corrected chi connectivity index (χ1v) is 13.5. The van der Waals surface area contributed by atoms with Gasteiger partial charge in [-0.05, 0) is 54.4 Å². The molecule has 1 saturated heterocycles. The second kappa shape index (κ2) is 11.9. The van der Waals surface area contributed by atoms with Gasteiger partial charge in [0, 0.05) is 30.4 Å². The molecule has 3 heterocycles. The fourth-order valence-corrected chi connectivity index (χ4v) is 4.90. The van der Waals surface area contributed by atoms with Crippen LogP contribution in [0.15, 0.2) is 48.7 Å². The van der Waals surface area contributed by atoms with Gasteiger partial charge in [-0.25, -0.2) is 36.7 Å². The van der Waals surface area contributed by atoms with Crippen molar-refractivity contribution < 1.29 is 41.3 Å². The van der Waals surface area contributed by atoms with Crippen molar-refractivity contribution in [3.05, 3.63) is 106 Å². The monoisotopic (exact) mass is 621 g/mol. The van der Waals surface area contributed by atoms with E-state index in [-0.39, 0.29) is 69.9 Å². The van der Waals surface area contributed by atoms with Gasteiger partial charge in [-0.15, -0.1) is 0 Å². The van der Waals surface area contributed by atoms with Gasteiger partial charge in [0.15, 0.2) is 5.82 Å². The van der Waals surface area contributed by atoms with E-state index in [4.69, 9.17) is 14.7 Å². The molecule has 2 aromatic heterocycles. The molecule has 0 bridgehead atoms. The van der Waals surface area contributed by atoms with Crippen molar-refractivity contribution in [1.29, 1.82) is 5.26 Å².